The van der Waals surface area contributed by atoms with Crippen LogP contribution in [0.15, 0.2) is 95.9 Å². The number of para-hydroxylation sites is 1. The molecule has 178 valence electrons. The number of hydrogen-bond donors (Lipinski definition) is 1. The van der Waals surface area contributed by atoms with Gasteiger partial charge in [0.05, 0.1) is 13.5 Å². The van der Waals surface area contributed by atoms with E-state index >= 15 is 0 Å². The highest BCUT2D eigenvalue weighted by Crippen LogP contribution is 2.40. The average molecular weight is 489 g/mol. The number of ether oxygens (including phenoxy) is 2. The molecule has 0 fully saturated rings. The molecule has 4 rings (SSSR count). The van der Waals surface area contributed by atoms with E-state index in [1.807, 2.05) is 48.5 Å². The number of hydrogen-bond acceptors (Lipinski definition) is 3. The number of carbonyl (C=O) groups is 1. The van der Waals surface area contributed by atoms with E-state index in [0.29, 0.717) is 22.9 Å². The lowest BCUT2D eigenvalue weighted by molar-refractivity contribution is -0.115. The van der Waals surface area contributed by atoms with Crippen molar-refractivity contribution in [3.63, 3.8) is 0 Å². The SMILES string of the molecule is CC[SH+]c1ccc(CC(=O)Nc2ccc(-c3ccccc3OC)c(Oc3cccc(F)c3)c2)cc1. The zero-order valence-corrected chi connectivity index (χ0v) is 20.5. The number of thiol groups is 1. The van der Waals surface area contributed by atoms with Crippen molar-refractivity contribution < 1.29 is 18.7 Å². The van der Waals surface area contributed by atoms with Crippen LogP contribution >= 0.6 is 0 Å². The quantitative estimate of drug-likeness (QED) is 0.211. The van der Waals surface area contributed by atoms with Crippen LogP contribution in [0, 0.1) is 5.82 Å². The topological polar surface area (TPSA) is 47.6 Å². The number of benzene rings is 4. The minimum absolute atomic E-state index is 0.132. The minimum Gasteiger partial charge on any atom is -0.496 e. The summed E-state index contributed by atoms with van der Waals surface area (Å²) in [4.78, 5) is 14.0. The Morgan fingerprint density at radius 1 is 0.886 bits per heavy atom. The summed E-state index contributed by atoms with van der Waals surface area (Å²) in [5.41, 5.74) is 3.11. The molecule has 0 bridgehead atoms. The van der Waals surface area contributed by atoms with E-state index in [9.17, 15) is 9.18 Å². The first-order chi connectivity index (χ1) is 17.1. The third-order valence-corrected chi connectivity index (χ3v) is 6.31. The fourth-order valence-electron chi connectivity index (χ4n) is 3.72. The monoisotopic (exact) mass is 488 g/mol. The molecule has 0 unspecified atom stereocenters. The first-order valence-electron chi connectivity index (χ1n) is 11.3. The van der Waals surface area contributed by atoms with Crippen LogP contribution < -0.4 is 14.8 Å². The number of rotatable bonds is 9. The van der Waals surface area contributed by atoms with Gasteiger partial charge in [-0.2, -0.15) is 0 Å². The summed E-state index contributed by atoms with van der Waals surface area (Å²) < 4.78 is 25.4. The lowest BCUT2D eigenvalue weighted by Crippen LogP contribution is -2.14. The molecule has 0 atom stereocenters. The Kier molecular flexibility index (Phi) is 8.06. The van der Waals surface area contributed by atoms with Gasteiger partial charge in [0.2, 0.25) is 5.91 Å². The van der Waals surface area contributed by atoms with Crippen LogP contribution in [-0.4, -0.2) is 18.8 Å². The molecule has 0 aliphatic rings. The van der Waals surface area contributed by atoms with Gasteiger partial charge in [-0.3, -0.25) is 4.79 Å². The Labute approximate surface area is 209 Å². The fraction of sp³-hybridized carbons (Fsp3) is 0.138. The summed E-state index contributed by atoms with van der Waals surface area (Å²) in [6.45, 7) is 2.13. The Morgan fingerprint density at radius 3 is 2.40 bits per heavy atom. The van der Waals surface area contributed by atoms with Gasteiger partial charge in [-0.1, -0.05) is 36.4 Å². The molecule has 0 radical (unpaired) electrons. The van der Waals surface area contributed by atoms with Gasteiger partial charge in [-0.25, -0.2) is 4.39 Å². The van der Waals surface area contributed by atoms with Gasteiger partial charge < -0.3 is 14.8 Å². The Hall–Kier alpha value is -3.77. The summed E-state index contributed by atoms with van der Waals surface area (Å²) in [6.07, 6.45) is 0.262. The van der Waals surface area contributed by atoms with Crippen molar-refractivity contribution in [2.75, 3.05) is 18.2 Å². The molecule has 0 heterocycles. The van der Waals surface area contributed by atoms with Crippen LogP contribution in [-0.2, 0) is 23.0 Å². The highest BCUT2D eigenvalue weighted by atomic mass is 32.2. The number of amides is 1. The molecule has 0 saturated heterocycles. The number of carbonyl (C=O) groups excluding carboxylic acids is 1. The molecule has 1 N–H and O–H groups in total. The number of anilines is 1. The van der Waals surface area contributed by atoms with Gasteiger partial charge >= 0.3 is 0 Å². The van der Waals surface area contributed by atoms with Gasteiger partial charge in [0.1, 0.15) is 28.8 Å². The molecule has 0 aromatic heterocycles. The van der Waals surface area contributed by atoms with E-state index in [-0.39, 0.29) is 12.3 Å². The van der Waals surface area contributed by atoms with E-state index in [1.54, 1.807) is 25.3 Å². The van der Waals surface area contributed by atoms with Crippen molar-refractivity contribution >= 4 is 23.4 Å². The zero-order valence-electron chi connectivity index (χ0n) is 19.6. The number of methoxy groups -OCH3 is 1. The van der Waals surface area contributed by atoms with E-state index < -0.39 is 5.82 Å². The molecule has 4 nitrogen and oxygen atoms in total. The third-order valence-electron chi connectivity index (χ3n) is 5.33. The predicted octanol–water partition coefficient (Wildman–Crippen LogP) is 6.67. The van der Waals surface area contributed by atoms with Crippen LogP contribution in [0.1, 0.15) is 12.5 Å². The number of halogens is 1. The van der Waals surface area contributed by atoms with Crippen LogP contribution in [0.2, 0.25) is 0 Å². The molecule has 0 aliphatic carbocycles. The van der Waals surface area contributed by atoms with Crippen molar-refractivity contribution in [3.8, 4) is 28.4 Å². The van der Waals surface area contributed by atoms with Crippen LogP contribution in [0.25, 0.3) is 11.1 Å². The van der Waals surface area contributed by atoms with Crippen molar-refractivity contribution in [2.24, 2.45) is 0 Å². The second-order valence-corrected chi connectivity index (χ2v) is 9.30. The van der Waals surface area contributed by atoms with E-state index in [1.165, 1.54) is 28.8 Å². The van der Waals surface area contributed by atoms with Crippen molar-refractivity contribution in [1.82, 2.24) is 0 Å². The number of nitrogens with one attached hydrogen (secondary N) is 1. The molecule has 4 aromatic rings. The smallest absolute Gasteiger partial charge is 0.228 e. The van der Waals surface area contributed by atoms with Crippen LogP contribution in [0.5, 0.6) is 17.2 Å². The fourth-order valence-corrected chi connectivity index (χ4v) is 4.45. The predicted molar refractivity (Wildman–Crippen MR) is 141 cm³/mol. The van der Waals surface area contributed by atoms with Crippen molar-refractivity contribution in [3.05, 3.63) is 102 Å². The summed E-state index contributed by atoms with van der Waals surface area (Å²) in [5.74, 6) is 2.05. The van der Waals surface area contributed by atoms with Gasteiger partial charge in [0.15, 0.2) is 4.90 Å². The summed E-state index contributed by atoms with van der Waals surface area (Å²) in [6, 6.07) is 27.0. The second kappa shape index (κ2) is 11.6. The van der Waals surface area contributed by atoms with E-state index in [0.717, 1.165) is 22.4 Å². The Balaban J connectivity index is 1.60. The van der Waals surface area contributed by atoms with Crippen LogP contribution in [0.3, 0.4) is 0 Å². The van der Waals surface area contributed by atoms with Crippen molar-refractivity contribution in [1.29, 1.82) is 0 Å². The Morgan fingerprint density at radius 2 is 1.66 bits per heavy atom. The molecule has 35 heavy (non-hydrogen) atoms. The van der Waals surface area contributed by atoms with Crippen LogP contribution in [0.4, 0.5) is 10.1 Å². The first kappa shape index (κ1) is 24.4. The molecule has 1 amide bonds. The third kappa shape index (κ3) is 6.43. The maximum atomic E-state index is 13.8. The largest absolute Gasteiger partial charge is 0.496 e. The van der Waals surface area contributed by atoms with Gasteiger partial charge in [0, 0.05) is 40.7 Å². The first-order valence-corrected chi connectivity index (χ1v) is 12.4. The maximum Gasteiger partial charge on any atom is 0.228 e. The normalized spacial score (nSPS) is 10.6. The summed E-state index contributed by atoms with van der Waals surface area (Å²) in [5, 5.41) is 2.95. The molecule has 4 aromatic carbocycles. The lowest BCUT2D eigenvalue weighted by atomic mass is 10.0. The van der Waals surface area contributed by atoms with Gasteiger partial charge in [-0.05, 0) is 55.0 Å². The Bertz CT molecular complexity index is 1310. The lowest BCUT2D eigenvalue weighted by Gasteiger charge is -2.16. The standard InChI is InChI=1S/C29H26FNO3S/c1-3-35-24-14-11-20(12-15-24)17-29(32)31-22-13-16-26(25-9-4-5-10-27(25)33-2)28(19-22)34-23-8-6-7-21(30)18-23/h4-16,18-19H,3,17H2,1-2H3,(H,31,32)/p+1. The van der Waals surface area contributed by atoms with Crippen molar-refractivity contribution in [2.45, 2.75) is 18.2 Å². The van der Waals surface area contributed by atoms with Gasteiger partial charge in [-0.15, -0.1) is 0 Å². The second-order valence-electron chi connectivity index (χ2n) is 7.84. The van der Waals surface area contributed by atoms with Gasteiger partial charge in [0.25, 0.3) is 0 Å². The minimum atomic E-state index is -0.393. The van der Waals surface area contributed by atoms with E-state index in [4.69, 9.17) is 9.47 Å². The molecular weight excluding hydrogens is 461 g/mol. The molecule has 0 spiro atoms. The van der Waals surface area contributed by atoms with E-state index in [2.05, 4.69) is 24.4 Å². The summed E-state index contributed by atoms with van der Waals surface area (Å²) in [7, 11) is 1.61. The highest BCUT2D eigenvalue weighted by molar-refractivity contribution is 7.78. The molecule has 0 saturated carbocycles. The molecule has 0 aliphatic heterocycles. The highest BCUT2D eigenvalue weighted by Gasteiger charge is 2.15. The average Bonchev–Trinajstić information content (AvgIpc) is 2.86. The molecular formula is C29H27FNO3S+. The summed E-state index contributed by atoms with van der Waals surface area (Å²) >= 11 is 1.27. The molecule has 6 heteroatoms. The zero-order chi connectivity index (χ0) is 24.6. The maximum absolute atomic E-state index is 13.8.